The molecule has 2 heteroatoms. The summed E-state index contributed by atoms with van der Waals surface area (Å²) >= 11 is 0. The molecule has 2 unspecified atom stereocenters. The van der Waals surface area contributed by atoms with Gasteiger partial charge in [-0.1, -0.05) is 20.8 Å². The predicted molar refractivity (Wildman–Crippen MR) is 42.9 cm³/mol. The molecule has 0 aliphatic carbocycles. The van der Waals surface area contributed by atoms with E-state index in [1.54, 1.807) is 0 Å². The first-order chi connectivity index (χ1) is 5.11. The summed E-state index contributed by atoms with van der Waals surface area (Å²) < 4.78 is 5.30. The van der Waals surface area contributed by atoms with Crippen molar-refractivity contribution in [1.29, 1.82) is 5.26 Å². The van der Waals surface area contributed by atoms with Gasteiger partial charge in [-0.25, -0.2) is 0 Å². The van der Waals surface area contributed by atoms with Gasteiger partial charge in [-0.15, -0.1) is 0 Å². The van der Waals surface area contributed by atoms with Gasteiger partial charge in [-0.3, -0.25) is 0 Å². The van der Waals surface area contributed by atoms with Crippen molar-refractivity contribution in [2.24, 2.45) is 17.3 Å². The highest BCUT2D eigenvalue weighted by molar-refractivity contribution is 5.00. The van der Waals surface area contributed by atoms with Crippen LogP contribution in [0.1, 0.15) is 20.8 Å². The van der Waals surface area contributed by atoms with Crippen molar-refractivity contribution < 1.29 is 4.74 Å². The van der Waals surface area contributed by atoms with Crippen LogP contribution in [0.5, 0.6) is 0 Å². The number of nitrogens with zero attached hydrogens (tertiary/aromatic N) is 1. The molecule has 11 heavy (non-hydrogen) atoms. The molecule has 1 fully saturated rings. The molecule has 0 bridgehead atoms. The standard InChI is InChI=1S/C9H15NO/c1-7(2)9(3)6-11-5-8(9)4-10/h7-8H,5-6H2,1-3H3. The average molecular weight is 153 g/mol. The summed E-state index contributed by atoms with van der Waals surface area (Å²) in [6, 6.07) is 2.31. The van der Waals surface area contributed by atoms with Gasteiger partial charge in [0, 0.05) is 5.41 Å². The van der Waals surface area contributed by atoms with Crippen molar-refractivity contribution in [3.63, 3.8) is 0 Å². The highest BCUT2D eigenvalue weighted by atomic mass is 16.5. The van der Waals surface area contributed by atoms with Crippen molar-refractivity contribution in [2.75, 3.05) is 13.2 Å². The van der Waals surface area contributed by atoms with Crippen molar-refractivity contribution in [3.05, 3.63) is 0 Å². The molecule has 0 aromatic heterocycles. The minimum absolute atomic E-state index is 0.0781. The largest absolute Gasteiger partial charge is 0.379 e. The zero-order valence-electron chi connectivity index (χ0n) is 7.42. The molecule has 0 saturated carbocycles. The molecule has 0 aromatic rings. The van der Waals surface area contributed by atoms with Gasteiger partial charge >= 0.3 is 0 Å². The zero-order valence-corrected chi connectivity index (χ0v) is 7.42. The first-order valence-corrected chi connectivity index (χ1v) is 4.08. The Morgan fingerprint density at radius 3 is 2.64 bits per heavy atom. The number of ether oxygens (including phenoxy) is 1. The predicted octanol–water partition coefficient (Wildman–Crippen LogP) is 1.82. The molecule has 0 radical (unpaired) electrons. The lowest BCUT2D eigenvalue weighted by Gasteiger charge is -2.29. The first kappa shape index (κ1) is 8.55. The van der Waals surface area contributed by atoms with Crippen molar-refractivity contribution >= 4 is 0 Å². The number of hydrogen-bond donors (Lipinski definition) is 0. The molecule has 62 valence electrons. The molecule has 0 spiro atoms. The van der Waals surface area contributed by atoms with Crippen molar-refractivity contribution in [1.82, 2.24) is 0 Å². The minimum atomic E-state index is 0.0781. The Balaban J connectivity index is 2.77. The van der Waals surface area contributed by atoms with Crippen LogP contribution in [0.3, 0.4) is 0 Å². The number of nitriles is 1. The summed E-state index contributed by atoms with van der Waals surface area (Å²) in [6.45, 7) is 7.80. The fraction of sp³-hybridized carbons (Fsp3) is 0.889. The summed E-state index contributed by atoms with van der Waals surface area (Å²) in [5.41, 5.74) is 0.0781. The molecular weight excluding hydrogens is 138 g/mol. The summed E-state index contributed by atoms with van der Waals surface area (Å²) in [7, 11) is 0. The molecule has 0 aromatic carbocycles. The van der Waals surface area contributed by atoms with Gasteiger partial charge in [0.15, 0.2) is 0 Å². The van der Waals surface area contributed by atoms with Crippen LogP contribution >= 0.6 is 0 Å². The van der Waals surface area contributed by atoms with Crippen LogP contribution in [0.25, 0.3) is 0 Å². The maximum absolute atomic E-state index is 8.82. The SMILES string of the molecule is CC(C)C1(C)COCC1C#N. The first-order valence-electron chi connectivity index (χ1n) is 4.08. The van der Waals surface area contributed by atoms with Crippen LogP contribution in [-0.2, 0) is 4.74 Å². The van der Waals surface area contributed by atoms with E-state index in [1.807, 2.05) is 0 Å². The summed E-state index contributed by atoms with van der Waals surface area (Å²) in [5.74, 6) is 0.608. The molecule has 0 amide bonds. The van der Waals surface area contributed by atoms with Gasteiger partial charge in [-0.2, -0.15) is 5.26 Å². The molecule has 2 nitrogen and oxygen atoms in total. The van der Waals surface area contributed by atoms with Gasteiger partial charge in [0.25, 0.3) is 0 Å². The molecule has 0 N–H and O–H groups in total. The van der Waals surface area contributed by atoms with E-state index in [2.05, 4.69) is 26.8 Å². The third-order valence-corrected chi connectivity index (χ3v) is 2.97. The summed E-state index contributed by atoms with van der Waals surface area (Å²) in [6.07, 6.45) is 0. The minimum Gasteiger partial charge on any atom is -0.379 e. The van der Waals surface area contributed by atoms with Crippen LogP contribution in [0.2, 0.25) is 0 Å². The van der Waals surface area contributed by atoms with Gasteiger partial charge in [-0.05, 0) is 5.92 Å². The Morgan fingerprint density at radius 2 is 2.27 bits per heavy atom. The maximum Gasteiger partial charge on any atom is 0.0775 e. The second-order valence-electron chi connectivity index (χ2n) is 3.86. The molecule has 1 aliphatic rings. The highest BCUT2D eigenvalue weighted by Crippen LogP contribution is 2.40. The van der Waals surface area contributed by atoms with Crippen molar-refractivity contribution in [2.45, 2.75) is 20.8 Å². The topological polar surface area (TPSA) is 33.0 Å². The van der Waals surface area contributed by atoms with E-state index < -0.39 is 0 Å². The van der Waals surface area contributed by atoms with E-state index in [9.17, 15) is 0 Å². The average Bonchev–Trinajstić information content (AvgIpc) is 2.32. The van der Waals surface area contributed by atoms with Crippen LogP contribution in [-0.4, -0.2) is 13.2 Å². The second kappa shape index (κ2) is 2.83. The normalized spacial score (nSPS) is 37.5. The summed E-state index contributed by atoms with van der Waals surface area (Å²) in [4.78, 5) is 0. The van der Waals surface area contributed by atoms with Gasteiger partial charge in [0.1, 0.15) is 0 Å². The maximum atomic E-state index is 8.82. The molecule has 1 saturated heterocycles. The fourth-order valence-electron chi connectivity index (χ4n) is 1.44. The second-order valence-corrected chi connectivity index (χ2v) is 3.86. The van der Waals surface area contributed by atoms with E-state index >= 15 is 0 Å². The number of rotatable bonds is 1. The number of hydrogen-bond acceptors (Lipinski definition) is 2. The van der Waals surface area contributed by atoms with Crippen LogP contribution in [0.15, 0.2) is 0 Å². The van der Waals surface area contributed by atoms with Crippen molar-refractivity contribution in [3.8, 4) is 6.07 Å². The Morgan fingerprint density at radius 1 is 1.64 bits per heavy atom. The van der Waals surface area contributed by atoms with Crippen LogP contribution < -0.4 is 0 Å². The lowest BCUT2D eigenvalue weighted by Crippen LogP contribution is -2.30. The van der Waals surface area contributed by atoms with Crippen LogP contribution in [0.4, 0.5) is 0 Å². The third kappa shape index (κ3) is 1.25. The molecular formula is C9H15NO. The van der Waals surface area contributed by atoms with E-state index in [1.165, 1.54) is 0 Å². The van der Waals surface area contributed by atoms with Gasteiger partial charge < -0.3 is 4.74 Å². The van der Waals surface area contributed by atoms with E-state index in [-0.39, 0.29) is 11.3 Å². The molecule has 1 aliphatic heterocycles. The summed E-state index contributed by atoms with van der Waals surface area (Å²) in [5, 5.41) is 8.82. The lowest BCUT2D eigenvalue weighted by atomic mass is 9.72. The highest BCUT2D eigenvalue weighted by Gasteiger charge is 2.42. The van der Waals surface area contributed by atoms with Crippen LogP contribution in [0, 0.1) is 28.6 Å². The van der Waals surface area contributed by atoms with E-state index in [0.29, 0.717) is 12.5 Å². The van der Waals surface area contributed by atoms with Gasteiger partial charge in [0.05, 0.1) is 25.2 Å². The smallest absolute Gasteiger partial charge is 0.0775 e. The monoisotopic (exact) mass is 153 g/mol. The molecule has 1 heterocycles. The van der Waals surface area contributed by atoms with E-state index in [0.717, 1.165) is 6.61 Å². The Labute approximate surface area is 68.2 Å². The van der Waals surface area contributed by atoms with E-state index in [4.69, 9.17) is 10.00 Å². The Bertz CT molecular complexity index is 182. The molecule has 2 atom stereocenters. The third-order valence-electron chi connectivity index (χ3n) is 2.97. The Kier molecular flexibility index (Phi) is 2.20. The quantitative estimate of drug-likeness (QED) is 0.575. The Hall–Kier alpha value is -0.550. The zero-order chi connectivity index (χ0) is 8.48. The fourth-order valence-corrected chi connectivity index (χ4v) is 1.44. The van der Waals surface area contributed by atoms with Gasteiger partial charge in [0.2, 0.25) is 0 Å². The molecule has 1 rings (SSSR count). The lowest BCUT2D eigenvalue weighted by molar-refractivity contribution is 0.129.